The molecule has 0 fully saturated rings. The van der Waals surface area contributed by atoms with Gasteiger partial charge in [0.25, 0.3) is 17.5 Å². The SMILES string of the molecule is O=C1c2ccccc2C(=O)N1Cc1ccc(-c2ccccc2)c([N+](=O)[O-])c1. The van der Waals surface area contributed by atoms with Crippen molar-refractivity contribution >= 4 is 17.5 Å². The number of carbonyl (C=O) groups excluding carboxylic acids is 2. The molecular formula is C21H14N2O4. The van der Waals surface area contributed by atoms with Crippen molar-refractivity contribution in [3.63, 3.8) is 0 Å². The standard InChI is InChI=1S/C21H14N2O4/c24-20-17-8-4-5-9-18(17)21(25)22(20)13-14-10-11-16(19(12-14)23(26)27)15-6-2-1-3-7-15/h1-12H,13H2. The van der Waals surface area contributed by atoms with Gasteiger partial charge in [-0.05, 0) is 29.3 Å². The summed E-state index contributed by atoms with van der Waals surface area (Å²) in [6.45, 7) is -0.0117. The van der Waals surface area contributed by atoms with E-state index in [1.165, 1.54) is 6.07 Å². The van der Waals surface area contributed by atoms with Gasteiger partial charge in [-0.15, -0.1) is 0 Å². The van der Waals surface area contributed by atoms with E-state index >= 15 is 0 Å². The lowest BCUT2D eigenvalue weighted by Crippen LogP contribution is -2.29. The Bertz CT molecular complexity index is 1040. The highest BCUT2D eigenvalue weighted by Gasteiger charge is 2.35. The van der Waals surface area contributed by atoms with Crippen LogP contribution in [-0.4, -0.2) is 21.6 Å². The number of benzene rings is 3. The van der Waals surface area contributed by atoms with Crippen LogP contribution in [0.5, 0.6) is 0 Å². The van der Waals surface area contributed by atoms with Crippen molar-refractivity contribution in [3.8, 4) is 11.1 Å². The number of rotatable bonds is 4. The van der Waals surface area contributed by atoms with Crippen LogP contribution in [0, 0.1) is 10.1 Å². The number of fused-ring (bicyclic) bond motifs is 1. The molecule has 27 heavy (non-hydrogen) atoms. The third-order valence-electron chi connectivity index (χ3n) is 4.56. The lowest BCUT2D eigenvalue weighted by atomic mass is 10.0. The molecule has 1 heterocycles. The van der Waals surface area contributed by atoms with Crippen LogP contribution < -0.4 is 0 Å². The first-order chi connectivity index (χ1) is 13.1. The predicted molar refractivity (Wildman–Crippen MR) is 99.2 cm³/mol. The highest BCUT2D eigenvalue weighted by atomic mass is 16.6. The van der Waals surface area contributed by atoms with Gasteiger partial charge < -0.3 is 0 Å². The zero-order valence-corrected chi connectivity index (χ0v) is 14.2. The summed E-state index contributed by atoms with van der Waals surface area (Å²) in [5, 5.41) is 11.5. The highest BCUT2D eigenvalue weighted by molar-refractivity contribution is 6.21. The van der Waals surface area contributed by atoms with Gasteiger partial charge in [0.1, 0.15) is 0 Å². The molecule has 0 aromatic heterocycles. The minimum atomic E-state index is -0.450. The molecule has 3 aromatic carbocycles. The van der Waals surface area contributed by atoms with Crippen molar-refractivity contribution in [3.05, 3.63) is 99.6 Å². The molecule has 0 bridgehead atoms. The Labute approximate surface area is 154 Å². The summed E-state index contributed by atoms with van der Waals surface area (Å²) < 4.78 is 0. The molecule has 0 atom stereocenters. The van der Waals surface area contributed by atoms with Crippen LogP contribution in [0.25, 0.3) is 11.1 Å². The molecule has 0 saturated heterocycles. The lowest BCUT2D eigenvalue weighted by molar-refractivity contribution is -0.384. The Morgan fingerprint density at radius 1 is 0.778 bits per heavy atom. The summed E-state index contributed by atoms with van der Waals surface area (Å²) in [4.78, 5) is 37.2. The predicted octanol–water partition coefficient (Wildman–Crippen LogP) is 4.06. The van der Waals surface area contributed by atoms with Gasteiger partial charge in [0, 0.05) is 6.07 Å². The van der Waals surface area contributed by atoms with E-state index in [0.29, 0.717) is 22.3 Å². The Balaban J connectivity index is 1.68. The first-order valence-electron chi connectivity index (χ1n) is 8.34. The molecule has 0 aliphatic carbocycles. The summed E-state index contributed by atoms with van der Waals surface area (Å²) in [5.41, 5.74) is 2.41. The van der Waals surface area contributed by atoms with Gasteiger partial charge in [0.15, 0.2) is 0 Å². The van der Waals surface area contributed by atoms with Crippen molar-refractivity contribution in [1.29, 1.82) is 0 Å². The van der Waals surface area contributed by atoms with Crippen LogP contribution in [0.4, 0.5) is 5.69 Å². The quantitative estimate of drug-likeness (QED) is 0.400. The molecule has 3 aromatic rings. The topological polar surface area (TPSA) is 80.5 Å². The summed E-state index contributed by atoms with van der Waals surface area (Å²) in [7, 11) is 0. The first kappa shape index (κ1) is 16.7. The molecule has 6 heteroatoms. The van der Waals surface area contributed by atoms with E-state index in [0.717, 1.165) is 10.5 Å². The van der Waals surface area contributed by atoms with Gasteiger partial charge in [-0.2, -0.15) is 0 Å². The minimum Gasteiger partial charge on any atom is -0.270 e. The van der Waals surface area contributed by atoms with Crippen molar-refractivity contribution < 1.29 is 14.5 Å². The van der Waals surface area contributed by atoms with E-state index in [2.05, 4.69) is 0 Å². The second-order valence-electron chi connectivity index (χ2n) is 6.22. The number of nitrogens with zero attached hydrogens (tertiary/aromatic N) is 2. The molecule has 0 unspecified atom stereocenters. The summed E-state index contributed by atoms with van der Waals surface area (Å²) in [6.07, 6.45) is 0. The van der Waals surface area contributed by atoms with Gasteiger partial charge >= 0.3 is 0 Å². The van der Waals surface area contributed by atoms with Crippen molar-refractivity contribution in [2.75, 3.05) is 0 Å². The Hall–Kier alpha value is -3.80. The fraction of sp³-hybridized carbons (Fsp3) is 0.0476. The molecule has 0 radical (unpaired) electrons. The van der Waals surface area contributed by atoms with Gasteiger partial charge in [-0.3, -0.25) is 24.6 Å². The molecule has 1 aliphatic rings. The van der Waals surface area contributed by atoms with Crippen LogP contribution >= 0.6 is 0 Å². The number of nitro benzene ring substituents is 1. The number of carbonyl (C=O) groups is 2. The second-order valence-corrected chi connectivity index (χ2v) is 6.22. The number of imide groups is 1. The normalized spacial score (nSPS) is 13.0. The third-order valence-corrected chi connectivity index (χ3v) is 4.56. The maximum Gasteiger partial charge on any atom is 0.277 e. The number of hydrogen-bond donors (Lipinski definition) is 0. The monoisotopic (exact) mass is 358 g/mol. The highest BCUT2D eigenvalue weighted by Crippen LogP contribution is 2.32. The fourth-order valence-corrected chi connectivity index (χ4v) is 3.25. The van der Waals surface area contributed by atoms with Crippen LogP contribution in [0.1, 0.15) is 26.3 Å². The Morgan fingerprint density at radius 3 is 1.96 bits per heavy atom. The average Bonchev–Trinajstić information content (AvgIpc) is 2.94. The van der Waals surface area contributed by atoms with Gasteiger partial charge in [0.05, 0.1) is 28.2 Å². The molecule has 132 valence electrons. The molecule has 2 amide bonds. The van der Waals surface area contributed by atoms with Crippen LogP contribution in [0.2, 0.25) is 0 Å². The zero-order chi connectivity index (χ0) is 19.0. The Morgan fingerprint density at radius 2 is 1.37 bits per heavy atom. The van der Waals surface area contributed by atoms with Crippen molar-refractivity contribution in [2.24, 2.45) is 0 Å². The Kier molecular flexibility index (Phi) is 4.01. The van der Waals surface area contributed by atoms with Gasteiger partial charge in [0.2, 0.25) is 0 Å². The zero-order valence-electron chi connectivity index (χ0n) is 14.2. The van der Waals surface area contributed by atoms with E-state index in [-0.39, 0.29) is 24.0 Å². The second kappa shape index (κ2) is 6.49. The molecule has 0 saturated carbocycles. The van der Waals surface area contributed by atoms with Crippen LogP contribution in [0.15, 0.2) is 72.8 Å². The minimum absolute atomic E-state index is 0.0117. The third kappa shape index (κ3) is 2.87. The van der Waals surface area contributed by atoms with Crippen LogP contribution in [-0.2, 0) is 6.54 Å². The summed E-state index contributed by atoms with van der Waals surface area (Å²) in [6, 6.07) is 20.5. The average molecular weight is 358 g/mol. The molecule has 1 aliphatic heterocycles. The maximum atomic E-state index is 12.5. The number of amides is 2. The fourth-order valence-electron chi connectivity index (χ4n) is 3.25. The van der Waals surface area contributed by atoms with E-state index in [9.17, 15) is 19.7 Å². The molecular weight excluding hydrogens is 344 g/mol. The molecule has 0 spiro atoms. The smallest absolute Gasteiger partial charge is 0.270 e. The molecule has 0 N–H and O–H groups in total. The van der Waals surface area contributed by atoms with E-state index < -0.39 is 4.92 Å². The van der Waals surface area contributed by atoms with Crippen molar-refractivity contribution in [1.82, 2.24) is 4.90 Å². The maximum absolute atomic E-state index is 12.5. The van der Waals surface area contributed by atoms with E-state index in [4.69, 9.17) is 0 Å². The summed E-state index contributed by atoms with van der Waals surface area (Å²) >= 11 is 0. The first-order valence-corrected chi connectivity index (χ1v) is 8.34. The number of nitro groups is 1. The largest absolute Gasteiger partial charge is 0.277 e. The van der Waals surface area contributed by atoms with Crippen molar-refractivity contribution in [2.45, 2.75) is 6.54 Å². The number of hydrogen-bond acceptors (Lipinski definition) is 4. The molecule has 6 nitrogen and oxygen atoms in total. The van der Waals surface area contributed by atoms with E-state index in [1.54, 1.807) is 48.5 Å². The lowest BCUT2D eigenvalue weighted by Gasteiger charge is -2.14. The summed E-state index contributed by atoms with van der Waals surface area (Å²) in [5.74, 6) is -0.768. The van der Waals surface area contributed by atoms with Gasteiger partial charge in [-0.1, -0.05) is 48.5 Å². The van der Waals surface area contributed by atoms with Crippen LogP contribution in [0.3, 0.4) is 0 Å². The molecule has 4 rings (SSSR count). The van der Waals surface area contributed by atoms with Gasteiger partial charge in [-0.25, -0.2) is 0 Å². The van der Waals surface area contributed by atoms with E-state index in [1.807, 2.05) is 18.2 Å².